The number of aryl methyl sites for hydroxylation is 2. The van der Waals surface area contributed by atoms with E-state index in [1.54, 1.807) is 11.3 Å². The first-order valence-corrected chi connectivity index (χ1v) is 9.42. The molecule has 4 heterocycles. The highest BCUT2D eigenvalue weighted by Crippen LogP contribution is 2.37. The van der Waals surface area contributed by atoms with Crippen molar-refractivity contribution in [3.8, 4) is 0 Å². The summed E-state index contributed by atoms with van der Waals surface area (Å²) in [6.45, 7) is 8.17. The van der Waals surface area contributed by atoms with Gasteiger partial charge in [-0.3, -0.25) is 4.90 Å². The molecule has 5 nitrogen and oxygen atoms in total. The Morgan fingerprint density at radius 1 is 1.42 bits per heavy atom. The Hall–Kier alpha value is -1.21. The van der Waals surface area contributed by atoms with E-state index in [9.17, 15) is 0 Å². The van der Waals surface area contributed by atoms with Gasteiger partial charge in [0.15, 0.2) is 0 Å². The SMILES string of the molecule is Cc1ccc(CN2CC[C@]3(C[C@H](OCc4csc(C)n4)CO3)C2)o1. The minimum atomic E-state index is -0.0374. The van der Waals surface area contributed by atoms with Crippen LogP contribution in [0.25, 0.3) is 0 Å². The van der Waals surface area contributed by atoms with Crippen LogP contribution < -0.4 is 0 Å². The first-order valence-electron chi connectivity index (χ1n) is 8.54. The summed E-state index contributed by atoms with van der Waals surface area (Å²) in [7, 11) is 0. The van der Waals surface area contributed by atoms with Gasteiger partial charge in [0.25, 0.3) is 0 Å². The molecule has 2 aromatic rings. The van der Waals surface area contributed by atoms with Crippen molar-refractivity contribution in [3.63, 3.8) is 0 Å². The molecule has 0 amide bonds. The van der Waals surface area contributed by atoms with Gasteiger partial charge in [-0.2, -0.15) is 0 Å². The fourth-order valence-corrected chi connectivity index (χ4v) is 4.32. The van der Waals surface area contributed by atoms with Crippen molar-refractivity contribution in [2.75, 3.05) is 19.7 Å². The zero-order chi connectivity index (χ0) is 16.6. The molecule has 2 atom stereocenters. The lowest BCUT2D eigenvalue weighted by molar-refractivity contribution is -0.00100. The summed E-state index contributed by atoms with van der Waals surface area (Å²) in [6, 6.07) is 4.09. The number of aromatic nitrogens is 1. The van der Waals surface area contributed by atoms with Gasteiger partial charge in [0.05, 0.1) is 42.2 Å². The minimum absolute atomic E-state index is 0.0374. The molecular formula is C18H24N2O3S. The van der Waals surface area contributed by atoms with Crippen molar-refractivity contribution in [2.45, 2.75) is 51.5 Å². The Kier molecular flexibility index (Phi) is 4.47. The number of hydrogen-bond acceptors (Lipinski definition) is 6. The molecular weight excluding hydrogens is 324 g/mol. The van der Waals surface area contributed by atoms with Gasteiger partial charge < -0.3 is 13.9 Å². The van der Waals surface area contributed by atoms with E-state index in [0.717, 1.165) is 54.7 Å². The van der Waals surface area contributed by atoms with Crippen LogP contribution in [0.3, 0.4) is 0 Å². The molecule has 2 fully saturated rings. The molecule has 0 unspecified atom stereocenters. The summed E-state index contributed by atoms with van der Waals surface area (Å²) >= 11 is 1.67. The van der Waals surface area contributed by atoms with Crippen molar-refractivity contribution >= 4 is 11.3 Å². The van der Waals surface area contributed by atoms with Gasteiger partial charge in [0.1, 0.15) is 11.5 Å². The van der Waals surface area contributed by atoms with E-state index in [1.807, 2.05) is 19.9 Å². The number of rotatable bonds is 5. The molecule has 6 heteroatoms. The fourth-order valence-electron chi connectivity index (χ4n) is 3.72. The maximum absolute atomic E-state index is 6.17. The van der Waals surface area contributed by atoms with Crippen LogP contribution in [0.2, 0.25) is 0 Å². The van der Waals surface area contributed by atoms with E-state index in [1.165, 1.54) is 0 Å². The van der Waals surface area contributed by atoms with Gasteiger partial charge in [-0.1, -0.05) is 0 Å². The molecule has 0 N–H and O–H groups in total. The third-order valence-corrected chi connectivity index (χ3v) is 5.70. The Labute approximate surface area is 146 Å². The summed E-state index contributed by atoms with van der Waals surface area (Å²) in [5, 5.41) is 3.16. The normalized spacial score (nSPS) is 27.5. The van der Waals surface area contributed by atoms with E-state index in [0.29, 0.717) is 13.2 Å². The average molecular weight is 348 g/mol. The third-order valence-electron chi connectivity index (χ3n) is 4.88. The van der Waals surface area contributed by atoms with Gasteiger partial charge >= 0.3 is 0 Å². The maximum Gasteiger partial charge on any atom is 0.118 e. The summed E-state index contributed by atoms with van der Waals surface area (Å²) < 4.78 is 17.9. The van der Waals surface area contributed by atoms with Crippen molar-refractivity contribution < 1.29 is 13.9 Å². The van der Waals surface area contributed by atoms with Gasteiger partial charge in [-0.05, 0) is 32.4 Å². The van der Waals surface area contributed by atoms with E-state index >= 15 is 0 Å². The van der Waals surface area contributed by atoms with Crippen LogP contribution in [0.5, 0.6) is 0 Å². The molecule has 0 aliphatic carbocycles. The van der Waals surface area contributed by atoms with Gasteiger partial charge in [0.2, 0.25) is 0 Å². The summed E-state index contributed by atoms with van der Waals surface area (Å²) in [6.07, 6.45) is 2.23. The molecule has 2 aliphatic heterocycles. The number of thiazole rings is 1. The summed E-state index contributed by atoms with van der Waals surface area (Å²) in [5.41, 5.74) is 0.990. The lowest BCUT2D eigenvalue weighted by Crippen LogP contribution is -2.32. The zero-order valence-corrected chi connectivity index (χ0v) is 15.1. The second kappa shape index (κ2) is 6.59. The lowest BCUT2D eigenvalue weighted by Gasteiger charge is -2.23. The van der Waals surface area contributed by atoms with E-state index < -0.39 is 0 Å². The zero-order valence-electron chi connectivity index (χ0n) is 14.3. The van der Waals surface area contributed by atoms with Crippen LogP contribution in [-0.2, 0) is 22.6 Å². The smallest absolute Gasteiger partial charge is 0.118 e. The average Bonchev–Trinajstić information content (AvgIpc) is 3.31. The summed E-state index contributed by atoms with van der Waals surface area (Å²) in [4.78, 5) is 6.88. The first kappa shape index (κ1) is 16.3. The third kappa shape index (κ3) is 3.57. The molecule has 130 valence electrons. The minimum Gasteiger partial charge on any atom is -0.465 e. The lowest BCUT2D eigenvalue weighted by atomic mass is 9.98. The first-order chi connectivity index (χ1) is 11.6. The van der Waals surface area contributed by atoms with Gasteiger partial charge in [0, 0.05) is 24.9 Å². The standard InChI is InChI=1S/C18H24N2O3S/c1-13-3-4-16(23-13)8-20-6-5-18(12-20)7-17(10-22-18)21-9-15-11-24-14(2)19-15/h3-4,11,17H,5-10,12H2,1-2H3/t17-,18-/m0/s1. The predicted octanol–water partition coefficient (Wildman–Crippen LogP) is 3.30. The fraction of sp³-hybridized carbons (Fsp3) is 0.611. The second-order valence-corrected chi connectivity index (χ2v) is 8.02. The molecule has 0 bridgehead atoms. The summed E-state index contributed by atoms with van der Waals surface area (Å²) in [5.74, 6) is 2.01. The Morgan fingerprint density at radius 3 is 3.08 bits per heavy atom. The topological polar surface area (TPSA) is 47.7 Å². The van der Waals surface area contributed by atoms with Gasteiger partial charge in [-0.25, -0.2) is 4.98 Å². The largest absolute Gasteiger partial charge is 0.465 e. The van der Waals surface area contributed by atoms with Crippen LogP contribution in [0.4, 0.5) is 0 Å². The monoisotopic (exact) mass is 348 g/mol. The van der Waals surface area contributed by atoms with Crippen LogP contribution in [-0.4, -0.2) is 41.3 Å². The molecule has 0 aromatic carbocycles. The predicted molar refractivity (Wildman–Crippen MR) is 92.1 cm³/mol. The van der Waals surface area contributed by atoms with E-state index in [-0.39, 0.29) is 11.7 Å². The second-order valence-electron chi connectivity index (χ2n) is 6.96. The highest BCUT2D eigenvalue weighted by molar-refractivity contribution is 7.09. The highest BCUT2D eigenvalue weighted by Gasteiger charge is 2.46. The molecule has 24 heavy (non-hydrogen) atoms. The molecule has 0 saturated carbocycles. The number of likely N-dealkylation sites (tertiary alicyclic amines) is 1. The van der Waals surface area contributed by atoms with Crippen molar-refractivity contribution in [1.82, 2.24) is 9.88 Å². The van der Waals surface area contributed by atoms with E-state index in [4.69, 9.17) is 13.9 Å². The molecule has 4 rings (SSSR count). The molecule has 2 aliphatic rings. The van der Waals surface area contributed by atoms with Crippen LogP contribution in [0.15, 0.2) is 21.9 Å². The van der Waals surface area contributed by atoms with Crippen molar-refractivity contribution in [1.29, 1.82) is 0 Å². The number of furan rings is 1. The maximum atomic E-state index is 6.17. The molecule has 1 spiro atoms. The number of hydrogen-bond donors (Lipinski definition) is 0. The number of nitrogens with zero attached hydrogens (tertiary/aromatic N) is 2. The van der Waals surface area contributed by atoms with Crippen LogP contribution >= 0.6 is 11.3 Å². The van der Waals surface area contributed by atoms with Crippen LogP contribution in [0.1, 0.15) is 35.1 Å². The molecule has 2 saturated heterocycles. The molecule has 0 radical (unpaired) electrons. The van der Waals surface area contributed by atoms with E-state index in [2.05, 4.69) is 21.3 Å². The Morgan fingerprint density at radius 2 is 2.33 bits per heavy atom. The Bertz CT molecular complexity index is 698. The Balaban J connectivity index is 1.28. The van der Waals surface area contributed by atoms with Crippen molar-refractivity contribution in [2.24, 2.45) is 0 Å². The highest BCUT2D eigenvalue weighted by atomic mass is 32.1. The van der Waals surface area contributed by atoms with Gasteiger partial charge in [-0.15, -0.1) is 11.3 Å². The number of ether oxygens (including phenoxy) is 2. The van der Waals surface area contributed by atoms with Crippen LogP contribution in [0, 0.1) is 13.8 Å². The molecule has 2 aromatic heterocycles. The van der Waals surface area contributed by atoms with Crippen molar-refractivity contribution in [3.05, 3.63) is 39.7 Å². The quantitative estimate of drug-likeness (QED) is 0.830.